The molecule has 1 fully saturated rings. The van der Waals surface area contributed by atoms with E-state index in [9.17, 15) is 9.50 Å². The Morgan fingerprint density at radius 3 is 2.35 bits per heavy atom. The third-order valence-electron chi connectivity index (χ3n) is 3.07. The van der Waals surface area contributed by atoms with Crippen molar-refractivity contribution in [1.82, 2.24) is 0 Å². The monoisotopic (exact) mass is 277 g/mol. The lowest BCUT2D eigenvalue weighted by atomic mass is 9.92. The molecule has 0 amide bonds. The van der Waals surface area contributed by atoms with Gasteiger partial charge in [0.1, 0.15) is 5.82 Å². The van der Waals surface area contributed by atoms with Crippen molar-refractivity contribution in [2.75, 3.05) is 5.32 Å². The first-order chi connectivity index (χ1) is 8.08. The minimum atomic E-state index is -0.463. The van der Waals surface area contributed by atoms with E-state index in [2.05, 4.69) is 5.32 Å². The standard InChI is InChI=1S/C12H14Cl2FNO/c13-8-5-7(15)6-9(14)12(8)16-10-3-1-2-4-11(10)17/h5-6,10-11,16-17H,1-4H2/t10-,11-/m1/s1. The molecule has 1 aromatic rings. The average molecular weight is 278 g/mol. The summed E-state index contributed by atoms with van der Waals surface area (Å²) in [7, 11) is 0. The lowest BCUT2D eigenvalue weighted by molar-refractivity contribution is 0.116. The largest absolute Gasteiger partial charge is 0.391 e. The molecule has 2 atom stereocenters. The highest BCUT2D eigenvalue weighted by Gasteiger charge is 2.24. The Bertz CT molecular complexity index is 390. The molecule has 1 aliphatic carbocycles. The van der Waals surface area contributed by atoms with E-state index in [1.165, 1.54) is 12.1 Å². The average Bonchev–Trinajstić information content (AvgIpc) is 2.25. The molecule has 1 saturated carbocycles. The zero-order valence-electron chi connectivity index (χ0n) is 9.22. The first-order valence-electron chi connectivity index (χ1n) is 5.67. The number of aliphatic hydroxyl groups is 1. The molecular weight excluding hydrogens is 264 g/mol. The van der Waals surface area contributed by atoms with Crippen molar-refractivity contribution in [3.63, 3.8) is 0 Å². The summed E-state index contributed by atoms with van der Waals surface area (Å²) >= 11 is 11.9. The molecular formula is C12H14Cl2FNO. The Kier molecular flexibility index (Phi) is 4.13. The van der Waals surface area contributed by atoms with Gasteiger partial charge in [-0.05, 0) is 25.0 Å². The molecule has 0 unspecified atom stereocenters. The molecule has 0 saturated heterocycles. The number of aliphatic hydroxyl groups excluding tert-OH is 1. The number of nitrogens with one attached hydrogen (secondary N) is 1. The minimum absolute atomic E-state index is 0.0655. The molecule has 2 nitrogen and oxygen atoms in total. The molecule has 2 N–H and O–H groups in total. The Labute approximate surface area is 110 Å². The van der Waals surface area contributed by atoms with Crippen LogP contribution in [0.15, 0.2) is 12.1 Å². The fourth-order valence-electron chi connectivity index (χ4n) is 2.15. The zero-order chi connectivity index (χ0) is 12.4. The third-order valence-corrected chi connectivity index (χ3v) is 3.66. The van der Waals surface area contributed by atoms with Gasteiger partial charge in [0.05, 0.1) is 27.9 Å². The van der Waals surface area contributed by atoms with E-state index in [1.54, 1.807) is 0 Å². The molecule has 0 heterocycles. The smallest absolute Gasteiger partial charge is 0.126 e. The van der Waals surface area contributed by atoms with Crippen LogP contribution in [0.1, 0.15) is 25.7 Å². The summed E-state index contributed by atoms with van der Waals surface area (Å²) in [4.78, 5) is 0. The number of rotatable bonds is 2. The highest BCUT2D eigenvalue weighted by atomic mass is 35.5. The summed E-state index contributed by atoms with van der Waals surface area (Å²) < 4.78 is 13.0. The van der Waals surface area contributed by atoms with Crippen LogP contribution in [0.5, 0.6) is 0 Å². The number of hydrogen-bond donors (Lipinski definition) is 2. The van der Waals surface area contributed by atoms with Gasteiger partial charge in [-0.25, -0.2) is 4.39 Å². The zero-order valence-corrected chi connectivity index (χ0v) is 10.7. The SMILES string of the molecule is O[C@@H]1CCCC[C@H]1Nc1c(Cl)cc(F)cc1Cl. The molecule has 2 rings (SSSR count). The first-order valence-corrected chi connectivity index (χ1v) is 6.42. The molecule has 0 aromatic heterocycles. The minimum Gasteiger partial charge on any atom is -0.391 e. The number of benzene rings is 1. The van der Waals surface area contributed by atoms with Crippen molar-refractivity contribution in [2.45, 2.75) is 37.8 Å². The normalized spacial score (nSPS) is 24.7. The molecule has 0 radical (unpaired) electrons. The Balaban J connectivity index is 2.17. The Morgan fingerprint density at radius 2 is 1.76 bits per heavy atom. The fourth-order valence-corrected chi connectivity index (χ4v) is 2.71. The predicted molar refractivity (Wildman–Crippen MR) is 68.3 cm³/mol. The van der Waals surface area contributed by atoms with Gasteiger partial charge in [-0.1, -0.05) is 36.0 Å². The van der Waals surface area contributed by atoms with Gasteiger partial charge < -0.3 is 10.4 Å². The summed E-state index contributed by atoms with van der Waals surface area (Å²) in [5.74, 6) is -0.463. The van der Waals surface area contributed by atoms with Crippen LogP contribution in [-0.2, 0) is 0 Å². The first kappa shape index (κ1) is 12.9. The molecule has 0 bridgehead atoms. The van der Waals surface area contributed by atoms with Crippen LogP contribution in [0.2, 0.25) is 10.0 Å². The molecule has 1 aliphatic rings. The van der Waals surface area contributed by atoms with Crippen molar-refractivity contribution < 1.29 is 9.50 Å². The fraction of sp³-hybridized carbons (Fsp3) is 0.500. The van der Waals surface area contributed by atoms with Gasteiger partial charge in [0, 0.05) is 0 Å². The van der Waals surface area contributed by atoms with Crippen molar-refractivity contribution in [3.05, 3.63) is 28.0 Å². The van der Waals surface area contributed by atoms with E-state index in [4.69, 9.17) is 23.2 Å². The van der Waals surface area contributed by atoms with E-state index < -0.39 is 11.9 Å². The molecule has 17 heavy (non-hydrogen) atoms. The number of halogens is 3. The summed E-state index contributed by atoms with van der Waals surface area (Å²) in [6.07, 6.45) is 3.33. The van der Waals surface area contributed by atoms with Gasteiger partial charge in [-0.2, -0.15) is 0 Å². The lowest BCUT2D eigenvalue weighted by Gasteiger charge is -2.29. The second-order valence-electron chi connectivity index (χ2n) is 4.35. The Hall–Kier alpha value is -0.510. The van der Waals surface area contributed by atoms with Crippen molar-refractivity contribution in [1.29, 1.82) is 0 Å². The Morgan fingerprint density at radius 1 is 1.18 bits per heavy atom. The topological polar surface area (TPSA) is 32.3 Å². The maximum Gasteiger partial charge on any atom is 0.126 e. The van der Waals surface area contributed by atoms with E-state index in [0.717, 1.165) is 25.7 Å². The lowest BCUT2D eigenvalue weighted by Crippen LogP contribution is -2.36. The quantitative estimate of drug-likeness (QED) is 0.861. The molecule has 0 aliphatic heterocycles. The van der Waals surface area contributed by atoms with Crippen LogP contribution in [0.4, 0.5) is 10.1 Å². The van der Waals surface area contributed by atoms with Gasteiger partial charge in [0.2, 0.25) is 0 Å². The van der Waals surface area contributed by atoms with Crippen LogP contribution < -0.4 is 5.32 Å². The predicted octanol–water partition coefficient (Wildman–Crippen LogP) is 3.85. The van der Waals surface area contributed by atoms with Crippen LogP contribution in [-0.4, -0.2) is 17.3 Å². The van der Waals surface area contributed by atoms with E-state index in [-0.39, 0.29) is 16.1 Å². The summed E-state index contributed by atoms with van der Waals surface area (Å²) in [6, 6.07) is 2.36. The van der Waals surface area contributed by atoms with Crippen LogP contribution in [0.3, 0.4) is 0 Å². The highest BCUT2D eigenvalue weighted by molar-refractivity contribution is 6.39. The third kappa shape index (κ3) is 3.03. The van der Waals surface area contributed by atoms with Gasteiger partial charge in [0.15, 0.2) is 0 Å². The number of hydrogen-bond acceptors (Lipinski definition) is 2. The summed E-state index contributed by atoms with van der Waals surface area (Å²) in [6.45, 7) is 0. The summed E-state index contributed by atoms with van der Waals surface area (Å²) in [5, 5.41) is 13.4. The van der Waals surface area contributed by atoms with Crippen LogP contribution in [0, 0.1) is 5.82 Å². The second-order valence-corrected chi connectivity index (χ2v) is 5.16. The van der Waals surface area contributed by atoms with Crippen molar-refractivity contribution >= 4 is 28.9 Å². The maximum absolute atomic E-state index is 13.0. The van der Waals surface area contributed by atoms with Crippen molar-refractivity contribution in [2.24, 2.45) is 0 Å². The van der Waals surface area contributed by atoms with Gasteiger partial charge in [-0.3, -0.25) is 0 Å². The summed E-state index contributed by atoms with van der Waals surface area (Å²) in [5.41, 5.74) is 0.501. The molecule has 1 aromatic carbocycles. The highest BCUT2D eigenvalue weighted by Crippen LogP contribution is 2.33. The van der Waals surface area contributed by atoms with Crippen LogP contribution in [0.25, 0.3) is 0 Å². The van der Waals surface area contributed by atoms with E-state index >= 15 is 0 Å². The maximum atomic E-state index is 13.0. The molecule has 94 valence electrons. The number of anilines is 1. The van der Waals surface area contributed by atoms with Crippen molar-refractivity contribution in [3.8, 4) is 0 Å². The van der Waals surface area contributed by atoms with Gasteiger partial charge in [-0.15, -0.1) is 0 Å². The molecule has 5 heteroatoms. The second kappa shape index (κ2) is 5.42. The van der Waals surface area contributed by atoms with Gasteiger partial charge >= 0.3 is 0 Å². The molecule has 0 spiro atoms. The van der Waals surface area contributed by atoms with Gasteiger partial charge in [0.25, 0.3) is 0 Å². The van der Waals surface area contributed by atoms with Crippen LogP contribution >= 0.6 is 23.2 Å². The van der Waals surface area contributed by atoms with E-state index in [1.807, 2.05) is 0 Å². The van der Waals surface area contributed by atoms with E-state index in [0.29, 0.717) is 5.69 Å².